The van der Waals surface area contributed by atoms with Crippen molar-refractivity contribution in [2.75, 3.05) is 7.11 Å². The SMILES string of the molecule is CO[n+]1cc(Br)cc2c1CCCC2. The van der Waals surface area contributed by atoms with E-state index in [9.17, 15) is 0 Å². The van der Waals surface area contributed by atoms with Crippen LogP contribution in [0.4, 0.5) is 0 Å². The second kappa shape index (κ2) is 3.66. The molecule has 0 spiro atoms. The van der Waals surface area contributed by atoms with Crippen molar-refractivity contribution >= 4 is 15.9 Å². The number of fused-ring (bicyclic) bond motifs is 1. The van der Waals surface area contributed by atoms with E-state index in [1.807, 2.05) is 10.9 Å². The van der Waals surface area contributed by atoms with E-state index >= 15 is 0 Å². The van der Waals surface area contributed by atoms with Crippen LogP contribution in [-0.2, 0) is 12.8 Å². The number of rotatable bonds is 1. The van der Waals surface area contributed by atoms with Gasteiger partial charge in [-0.05, 0) is 41.3 Å². The van der Waals surface area contributed by atoms with Crippen LogP contribution < -0.4 is 9.57 Å². The highest BCUT2D eigenvalue weighted by atomic mass is 79.9. The van der Waals surface area contributed by atoms with Crippen molar-refractivity contribution in [1.82, 2.24) is 0 Å². The number of hydrogen-bond donors (Lipinski definition) is 0. The molecular formula is C10H13BrNO+. The van der Waals surface area contributed by atoms with Crippen molar-refractivity contribution in [3.63, 3.8) is 0 Å². The van der Waals surface area contributed by atoms with Crippen molar-refractivity contribution in [2.45, 2.75) is 25.7 Å². The molecule has 3 heteroatoms. The zero-order valence-electron chi connectivity index (χ0n) is 7.72. The quantitative estimate of drug-likeness (QED) is 0.684. The molecule has 1 aromatic rings. The second-order valence-electron chi connectivity index (χ2n) is 3.35. The lowest BCUT2D eigenvalue weighted by Gasteiger charge is -2.11. The predicted molar refractivity (Wildman–Crippen MR) is 53.5 cm³/mol. The zero-order valence-corrected chi connectivity index (χ0v) is 9.30. The normalized spacial score (nSPS) is 15.2. The molecule has 0 aliphatic heterocycles. The summed E-state index contributed by atoms with van der Waals surface area (Å²) >= 11 is 3.48. The van der Waals surface area contributed by atoms with E-state index in [1.165, 1.54) is 30.5 Å². The lowest BCUT2D eigenvalue weighted by atomic mass is 9.96. The predicted octanol–water partition coefficient (Wildman–Crippen LogP) is 1.67. The fourth-order valence-electron chi connectivity index (χ4n) is 1.88. The van der Waals surface area contributed by atoms with Crippen molar-refractivity contribution in [3.8, 4) is 0 Å². The monoisotopic (exact) mass is 242 g/mol. The van der Waals surface area contributed by atoms with Gasteiger partial charge in [0.05, 0.1) is 4.47 Å². The van der Waals surface area contributed by atoms with Gasteiger partial charge in [0.2, 0.25) is 11.9 Å². The van der Waals surface area contributed by atoms with Crippen molar-refractivity contribution in [2.24, 2.45) is 0 Å². The van der Waals surface area contributed by atoms with Gasteiger partial charge in [-0.1, -0.05) is 0 Å². The molecule has 0 atom stereocenters. The fraction of sp³-hybridized carbons (Fsp3) is 0.500. The molecule has 0 bridgehead atoms. The Morgan fingerprint density at radius 1 is 1.38 bits per heavy atom. The van der Waals surface area contributed by atoms with Gasteiger partial charge < -0.3 is 0 Å². The van der Waals surface area contributed by atoms with Crippen LogP contribution in [-0.4, -0.2) is 7.11 Å². The Kier molecular flexibility index (Phi) is 2.54. The first kappa shape index (κ1) is 9.00. The highest BCUT2D eigenvalue weighted by molar-refractivity contribution is 9.10. The molecule has 13 heavy (non-hydrogen) atoms. The maximum Gasteiger partial charge on any atom is 0.237 e. The summed E-state index contributed by atoms with van der Waals surface area (Å²) in [6.07, 6.45) is 6.86. The van der Waals surface area contributed by atoms with Crippen LogP contribution in [0.25, 0.3) is 0 Å². The molecule has 1 aliphatic rings. The van der Waals surface area contributed by atoms with Crippen LogP contribution in [0.5, 0.6) is 0 Å². The minimum absolute atomic E-state index is 1.09. The van der Waals surface area contributed by atoms with Gasteiger partial charge >= 0.3 is 0 Å². The third-order valence-electron chi connectivity index (χ3n) is 2.50. The van der Waals surface area contributed by atoms with E-state index in [1.54, 1.807) is 7.11 Å². The van der Waals surface area contributed by atoms with Gasteiger partial charge in [0.15, 0.2) is 0 Å². The standard InChI is InChI=1S/C10H13BrNO/c1-13-12-7-9(11)6-8-4-2-3-5-10(8)12/h6-7H,2-5H2,1H3/q+1. The molecule has 0 saturated heterocycles. The summed E-state index contributed by atoms with van der Waals surface area (Å²) < 4.78 is 2.97. The molecule has 1 aromatic heterocycles. The Bertz CT molecular complexity index is 308. The maximum absolute atomic E-state index is 5.28. The van der Waals surface area contributed by atoms with Crippen molar-refractivity contribution < 1.29 is 9.57 Å². The molecule has 70 valence electrons. The van der Waals surface area contributed by atoms with Gasteiger partial charge in [-0.3, -0.25) is 4.84 Å². The molecule has 0 aromatic carbocycles. The first-order valence-electron chi connectivity index (χ1n) is 4.58. The van der Waals surface area contributed by atoms with Crippen LogP contribution in [0.15, 0.2) is 16.7 Å². The van der Waals surface area contributed by atoms with Gasteiger partial charge in [0, 0.05) is 16.7 Å². The molecule has 1 heterocycles. The van der Waals surface area contributed by atoms with Gasteiger partial charge in [-0.2, -0.15) is 0 Å². The largest absolute Gasteiger partial charge is 0.274 e. The van der Waals surface area contributed by atoms with Crippen LogP contribution in [0.3, 0.4) is 0 Å². The number of pyridine rings is 1. The van der Waals surface area contributed by atoms with E-state index in [4.69, 9.17) is 4.84 Å². The van der Waals surface area contributed by atoms with Gasteiger partial charge in [0.1, 0.15) is 7.11 Å². The minimum Gasteiger partial charge on any atom is -0.274 e. The smallest absolute Gasteiger partial charge is 0.237 e. The first-order valence-corrected chi connectivity index (χ1v) is 5.38. The molecule has 0 fully saturated rings. The summed E-state index contributed by atoms with van der Waals surface area (Å²) in [5, 5.41) is 0. The average Bonchev–Trinajstić information content (AvgIpc) is 2.16. The molecule has 0 radical (unpaired) electrons. The van der Waals surface area contributed by atoms with Crippen LogP contribution in [0.2, 0.25) is 0 Å². The zero-order chi connectivity index (χ0) is 9.26. The third-order valence-corrected chi connectivity index (χ3v) is 2.93. The van der Waals surface area contributed by atoms with E-state index < -0.39 is 0 Å². The molecule has 0 N–H and O–H groups in total. The van der Waals surface area contributed by atoms with Crippen LogP contribution >= 0.6 is 15.9 Å². The summed E-state index contributed by atoms with van der Waals surface area (Å²) in [5.41, 5.74) is 2.75. The molecule has 1 aliphatic carbocycles. The van der Waals surface area contributed by atoms with E-state index in [0.717, 1.165) is 10.9 Å². The van der Waals surface area contributed by atoms with Crippen molar-refractivity contribution in [1.29, 1.82) is 0 Å². The molecule has 0 unspecified atom stereocenters. The second-order valence-corrected chi connectivity index (χ2v) is 4.26. The number of nitrogens with zero attached hydrogens (tertiary/aromatic N) is 1. The minimum atomic E-state index is 1.09. The van der Waals surface area contributed by atoms with Crippen LogP contribution in [0.1, 0.15) is 24.1 Å². The summed E-state index contributed by atoms with van der Waals surface area (Å²) in [5.74, 6) is 0. The maximum atomic E-state index is 5.28. The number of halogens is 1. The summed E-state index contributed by atoms with van der Waals surface area (Å²) in [6.45, 7) is 0. The first-order chi connectivity index (χ1) is 6.31. The number of aryl methyl sites for hydroxylation is 1. The van der Waals surface area contributed by atoms with E-state index in [0.29, 0.717) is 0 Å². The number of aromatic nitrogens is 1. The number of hydrogen-bond acceptors (Lipinski definition) is 1. The lowest BCUT2D eigenvalue weighted by Crippen LogP contribution is -2.46. The summed E-state index contributed by atoms with van der Waals surface area (Å²) in [6, 6.07) is 2.20. The Morgan fingerprint density at radius 2 is 2.15 bits per heavy atom. The molecule has 2 rings (SSSR count). The summed E-state index contributed by atoms with van der Waals surface area (Å²) in [4.78, 5) is 5.28. The Hall–Kier alpha value is -0.570. The Balaban J connectivity index is 2.50. The van der Waals surface area contributed by atoms with Gasteiger partial charge in [0.25, 0.3) is 0 Å². The highest BCUT2D eigenvalue weighted by Gasteiger charge is 2.21. The molecule has 0 amide bonds. The van der Waals surface area contributed by atoms with Gasteiger partial charge in [-0.15, -0.1) is 0 Å². The fourth-order valence-corrected chi connectivity index (χ4v) is 2.34. The molecular weight excluding hydrogens is 230 g/mol. The molecule has 0 saturated carbocycles. The lowest BCUT2D eigenvalue weighted by molar-refractivity contribution is -0.891. The van der Waals surface area contributed by atoms with Crippen molar-refractivity contribution in [3.05, 3.63) is 28.0 Å². The van der Waals surface area contributed by atoms with Gasteiger partial charge in [-0.25, -0.2) is 0 Å². The Morgan fingerprint density at radius 3 is 2.92 bits per heavy atom. The average molecular weight is 243 g/mol. The Labute approximate surface area is 86.6 Å². The van der Waals surface area contributed by atoms with E-state index in [2.05, 4.69) is 22.0 Å². The topological polar surface area (TPSA) is 13.1 Å². The highest BCUT2D eigenvalue weighted by Crippen LogP contribution is 2.20. The van der Waals surface area contributed by atoms with Crippen LogP contribution in [0, 0.1) is 0 Å². The third kappa shape index (κ3) is 1.70. The summed E-state index contributed by atoms with van der Waals surface area (Å²) in [7, 11) is 1.71. The van der Waals surface area contributed by atoms with E-state index in [-0.39, 0.29) is 0 Å². The molecule has 2 nitrogen and oxygen atoms in total.